The normalized spacial score (nSPS) is 18.4. The van der Waals surface area contributed by atoms with Crippen LogP contribution in [0.3, 0.4) is 0 Å². The molecule has 3 rings (SSSR count). The Hall–Kier alpha value is -3.22. The molecule has 2 aromatic rings. The highest BCUT2D eigenvalue weighted by molar-refractivity contribution is 5.98. The zero-order valence-corrected chi connectivity index (χ0v) is 17.7. The van der Waals surface area contributed by atoms with Gasteiger partial charge in [0.25, 0.3) is 5.91 Å². The second-order valence-electron chi connectivity index (χ2n) is 7.67. The minimum atomic E-state index is -1.04. The molecule has 1 aliphatic heterocycles. The standard InChI is InChI=1S/C24H26FNO5/c1-3-31-23(29)24(15-19-8-4-5-11-20(19)25)12-7-13-26(16-24)21(27)17-9-6-10-18(14-17)22(28)30-2/h4-6,8-11,14H,3,7,12-13,15-16H2,1-2H3. The molecule has 6 nitrogen and oxygen atoms in total. The van der Waals surface area contributed by atoms with Gasteiger partial charge in [0.2, 0.25) is 0 Å². The molecule has 1 fully saturated rings. The van der Waals surface area contributed by atoms with E-state index in [4.69, 9.17) is 9.47 Å². The third kappa shape index (κ3) is 4.93. The topological polar surface area (TPSA) is 72.9 Å². The van der Waals surface area contributed by atoms with Crippen LogP contribution in [0.4, 0.5) is 4.39 Å². The zero-order chi connectivity index (χ0) is 22.4. The van der Waals surface area contributed by atoms with Gasteiger partial charge in [-0.15, -0.1) is 0 Å². The molecule has 1 unspecified atom stereocenters. The van der Waals surface area contributed by atoms with Crippen LogP contribution in [-0.2, 0) is 20.7 Å². The maximum Gasteiger partial charge on any atom is 0.337 e. The Kier molecular flexibility index (Phi) is 7.05. The van der Waals surface area contributed by atoms with Crippen molar-refractivity contribution in [1.82, 2.24) is 4.90 Å². The minimum Gasteiger partial charge on any atom is -0.466 e. The number of methoxy groups -OCH3 is 1. The van der Waals surface area contributed by atoms with Crippen molar-refractivity contribution in [3.63, 3.8) is 0 Å². The van der Waals surface area contributed by atoms with E-state index in [2.05, 4.69) is 0 Å². The molecule has 0 bridgehead atoms. The van der Waals surface area contributed by atoms with Crippen molar-refractivity contribution in [3.05, 3.63) is 71.0 Å². The summed E-state index contributed by atoms with van der Waals surface area (Å²) >= 11 is 0. The van der Waals surface area contributed by atoms with Gasteiger partial charge in [-0.1, -0.05) is 24.3 Å². The lowest BCUT2D eigenvalue weighted by Crippen LogP contribution is -2.51. The highest BCUT2D eigenvalue weighted by Crippen LogP contribution is 2.36. The molecular weight excluding hydrogens is 401 g/mol. The summed E-state index contributed by atoms with van der Waals surface area (Å²) in [6.07, 6.45) is 1.21. The Morgan fingerprint density at radius 3 is 2.55 bits per heavy atom. The highest BCUT2D eigenvalue weighted by Gasteiger charge is 2.45. The van der Waals surface area contributed by atoms with Crippen molar-refractivity contribution in [3.8, 4) is 0 Å². The van der Waals surface area contributed by atoms with E-state index in [1.165, 1.54) is 19.2 Å². The van der Waals surface area contributed by atoms with Crippen LogP contribution in [0.1, 0.15) is 46.0 Å². The summed E-state index contributed by atoms with van der Waals surface area (Å²) in [5.41, 5.74) is -0.0223. The average molecular weight is 427 g/mol. The monoisotopic (exact) mass is 427 g/mol. The van der Waals surface area contributed by atoms with Crippen LogP contribution in [0.25, 0.3) is 0 Å². The fourth-order valence-electron chi connectivity index (χ4n) is 4.06. The summed E-state index contributed by atoms with van der Waals surface area (Å²) < 4.78 is 24.4. The number of carbonyl (C=O) groups excluding carboxylic acids is 3. The first kappa shape index (κ1) is 22.5. The fourth-order valence-corrected chi connectivity index (χ4v) is 4.06. The Balaban J connectivity index is 1.90. The first-order chi connectivity index (χ1) is 14.9. The van der Waals surface area contributed by atoms with Gasteiger partial charge in [0, 0.05) is 18.7 Å². The molecule has 0 N–H and O–H groups in total. The molecular formula is C24H26FNO5. The molecule has 0 aliphatic carbocycles. The summed E-state index contributed by atoms with van der Waals surface area (Å²) in [6, 6.07) is 12.6. The highest BCUT2D eigenvalue weighted by atomic mass is 19.1. The number of halogens is 1. The van der Waals surface area contributed by atoms with Gasteiger partial charge in [0.1, 0.15) is 5.82 Å². The molecule has 0 aromatic heterocycles. The molecule has 7 heteroatoms. The molecule has 1 amide bonds. The van der Waals surface area contributed by atoms with Gasteiger partial charge in [-0.25, -0.2) is 9.18 Å². The second kappa shape index (κ2) is 9.73. The Bertz CT molecular complexity index is 976. The van der Waals surface area contributed by atoms with E-state index in [0.29, 0.717) is 30.5 Å². The van der Waals surface area contributed by atoms with Gasteiger partial charge in [0.05, 0.1) is 24.7 Å². The molecule has 1 heterocycles. The smallest absolute Gasteiger partial charge is 0.337 e. The van der Waals surface area contributed by atoms with Crippen molar-refractivity contribution in [2.45, 2.75) is 26.2 Å². The predicted octanol–water partition coefficient (Wildman–Crippen LogP) is 3.64. The van der Waals surface area contributed by atoms with Gasteiger partial charge >= 0.3 is 11.9 Å². The summed E-state index contributed by atoms with van der Waals surface area (Å²) in [5, 5.41) is 0. The van der Waals surface area contributed by atoms with Crippen molar-refractivity contribution < 1.29 is 28.2 Å². The van der Waals surface area contributed by atoms with Gasteiger partial charge in [-0.2, -0.15) is 0 Å². The number of hydrogen-bond donors (Lipinski definition) is 0. The van der Waals surface area contributed by atoms with Crippen LogP contribution >= 0.6 is 0 Å². The van der Waals surface area contributed by atoms with Crippen LogP contribution in [0.5, 0.6) is 0 Å². The number of nitrogens with zero attached hydrogens (tertiary/aromatic N) is 1. The number of esters is 2. The van der Waals surface area contributed by atoms with E-state index in [9.17, 15) is 18.8 Å². The molecule has 0 radical (unpaired) electrons. The number of ether oxygens (including phenoxy) is 2. The lowest BCUT2D eigenvalue weighted by Gasteiger charge is -2.41. The first-order valence-corrected chi connectivity index (χ1v) is 10.3. The van der Waals surface area contributed by atoms with E-state index >= 15 is 0 Å². The van der Waals surface area contributed by atoms with Gasteiger partial charge in [0.15, 0.2) is 0 Å². The number of rotatable bonds is 6. The maximum atomic E-state index is 14.4. The number of carbonyl (C=O) groups is 3. The van der Waals surface area contributed by atoms with E-state index in [1.807, 2.05) is 0 Å². The fraction of sp³-hybridized carbons (Fsp3) is 0.375. The van der Waals surface area contributed by atoms with Gasteiger partial charge < -0.3 is 14.4 Å². The van der Waals surface area contributed by atoms with Crippen LogP contribution in [0.2, 0.25) is 0 Å². The molecule has 1 saturated heterocycles. The Morgan fingerprint density at radius 1 is 1.10 bits per heavy atom. The summed E-state index contributed by atoms with van der Waals surface area (Å²) in [5.74, 6) is -1.65. The van der Waals surface area contributed by atoms with Crippen LogP contribution in [0.15, 0.2) is 48.5 Å². The second-order valence-corrected chi connectivity index (χ2v) is 7.67. The van der Waals surface area contributed by atoms with Gasteiger partial charge in [-0.05, 0) is 56.0 Å². The first-order valence-electron chi connectivity index (χ1n) is 10.3. The summed E-state index contributed by atoms with van der Waals surface area (Å²) in [4.78, 5) is 39.6. The van der Waals surface area contributed by atoms with Crippen molar-refractivity contribution >= 4 is 17.8 Å². The number of likely N-dealkylation sites (tertiary alicyclic amines) is 1. The minimum absolute atomic E-state index is 0.113. The van der Waals surface area contributed by atoms with E-state index in [0.717, 1.165) is 0 Å². The average Bonchev–Trinajstić information content (AvgIpc) is 2.80. The number of piperidine rings is 1. The molecule has 31 heavy (non-hydrogen) atoms. The Morgan fingerprint density at radius 2 is 1.84 bits per heavy atom. The lowest BCUT2D eigenvalue weighted by molar-refractivity contribution is -0.158. The molecule has 2 aromatic carbocycles. The zero-order valence-electron chi connectivity index (χ0n) is 17.7. The predicted molar refractivity (Wildman–Crippen MR) is 112 cm³/mol. The third-order valence-electron chi connectivity index (χ3n) is 5.59. The number of amides is 1. The molecule has 164 valence electrons. The maximum absolute atomic E-state index is 14.4. The number of hydrogen-bond acceptors (Lipinski definition) is 5. The van der Waals surface area contributed by atoms with Crippen molar-refractivity contribution in [2.75, 3.05) is 26.8 Å². The summed E-state index contributed by atoms with van der Waals surface area (Å²) in [6.45, 7) is 2.49. The van der Waals surface area contributed by atoms with Crippen molar-refractivity contribution in [1.29, 1.82) is 0 Å². The molecule has 1 atom stereocenters. The Labute approximate surface area is 180 Å². The third-order valence-corrected chi connectivity index (χ3v) is 5.59. The SMILES string of the molecule is CCOC(=O)C1(Cc2ccccc2F)CCCN(C(=O)c2cccc(C(=O)OC)c2)C1. The van der Waals surface area contributed by atoms with Crippen LogP contribution in [0, 0.1) is 11.2 Å². The quantitative estimate of drug-likeness (QED) is 0.658. The lowest BCUT2D eigenvalue weighted by atomic mass is 9.74. The van der Waals surface area contributed by atoms with E-state index in [-0.39, 0.29) is 36.9 Å². The summed E-state index contributed by atoms with van der Waals surface area (Å²) in [7, 11) is 1.28. The number of benzene rings is 2. The molecule has 1 aliphatic rings. The van der Waals surface area contributed by atoms with Crippen LogP contribution < -0.4 is 0 Å². The van der Waals surface area contributed by atoms with E-state index < -0.39 is 17.4 Å². The van der Waals surface area contributed by atoms with Crippen molar-refractivity contribution in [2.24, 2.45) is 5.41 Å². The molecule has 0 spiro atoms. The van der Waals surface area contributed by atoms with Gasteiger partial charge in [-0.3, -0.25) is 9.59 Å². The van der Waals surface area contributed by atoms with Crippen LogP contribution in [-0.4, -0.2) is 49.6 Å². The van der Waals surface area contributed by atoms with E-state index in [1.54, 1.807) is 48.2 Å². The molecule has 0 saturated carbocycles. The largest absolute Gasteiger partial charge is 0.466 e.